The highest BCUT2D eigenvalue weighted by Gasteiger charge is 2.13. The number of aromatic carboxylic acids is 1. The van der Waals surface area contributed by atoms with Crippen molar-refractivity contribution < 1.29 is 19.4 Å². The van der Waals surface area contributed by atoms with Crippen LogP contribution < -0.4 is 0 Å². The Bertz CT molecular complexity index is 1220. The zero-order valence-electron chi connectivity index (χ0n) is 16.5. The summed E-state index contributed by atoms with van der Waals surface area (Å²) in [5, 5.41) is 10.1. The van der Waals surface area contributed by atoms with Crippen LogP contribution in [0.1, 0.15) is 33.2 Å². The monoisotopic (exact) mass is 399 g/mol. The number of carboxylic acids is 1. The maximum Gasteiger partial charge on any atom is 0.338 e. The van der Waals surface area contributed by atoms with Gasteiger partial charge in [-0.3, -0.25) is 0 Å². The highest BCUT2D eigenvalue weighted by Crippen LogP contribution is 2.26. The van der Waals surface area contributed by atoms with Crippen molar-refractivity contribution in [3.8, 4) is 11.1 Å². The van der Waals surface area contributed by atoms with Crippen LogP contribution in [0.25, 0.3) is 22.0 Å². The fourth-order valence-corrected chi connectivity index (χ4v) is 3.57. The highest BCUT2D eigenvalue weighted by atomic mass is 16.5. The molecule has 0 saturated carbocycles. The van der Waals surface area contributed by atoms with Crippen LogP contribution in [0.15, 0.2) is 79.0 Å². The Labute approximate surface area is 174 Å². The third-order valence-electron chi connectivity index (χ3n) is 5.09. The van der Waals surface area contributed by atoms with Gasteiger partial charge in [-0.25, -0.2) is 9.59 Å². The van der Waals surface area contributed by atoms with Gasteiger partial charge in [-0.05, 0) is 60.0 Å². The van der Waals surface area contributed by atoms with Crippen LogP contribution in [0, 0.1) is 0 Å². The molecule has 1 N–H and O–H groups in total. The Morgan fingerprint density at radius 2 is 1.67 bits per heavy atom. The minimum atomic E-state index is -0.933. The number of ether oxygens (including phenoxy) is 1. The van der Waals surface area contributed by atoms with E-state index in [2.05, 4.69) is 10.6 Å². The van der Waals surface area contributed by atoms with Gasteiger partial charge in [-0.2, -0.15) is 0 Å². The number of aromatic nitrogens is 1. The van der Waals surface area contributed by atoms with Crippen molar-refractivity contribution in [1.82, 2.24) is 4.57 Å². The van der Waals surface area contributed by atoms with Gasteiger partial charge in [0.15, 0.2) is 0 Å². The van der Waals surface area contributed by atoms with Crippen molar-refractivity contribution in [1.29, 1.82) is 0 Å². The fourth-order valence-electron chi connectivity index (χ4n) is 3.57. The number of hydrogen-bond acceptors (Lipinski definition) is 3. The molecule has 5 nitrogen and oxygen atoms in total. The number of carboxylic acid groups (broad SMARTS) is 1. The first-order chi connectivity index (χ1) is 14.6. The number of hydrogen-bond donors (Lipinski definition) is 1. The third-order valence-corrected chi connectivity index (χ3v) is 5.09. The van der Waals surface area contributed by atoms with Crippen LogP contribution in [0.4, 0.5) is 0 Å². The first kappa shape index (κ1) is 19.5. The Balaban J connectivity index is 1.64. The van der Waals surface area contributed by atoms with Gasteiger partial charge in [0.05, 0.1) is 17.7 Å². The molecule has 0 unspecified atom stereocenters. The van der Waals surface area contributed by atoms with Gasteiger partial charge in [0.2, 0.25) is 0 Å². The van der Waals surface area contributed by atoms with Gasteiger partial charge in [0.25, 0.3) is 0 Å². The van der Waals surface area contributed by atoms with Crippen LogP contribution in [0.2, 0.25) is 0 Å². The molecule has 3 aromatic carbocycles. The molecule has 4 rings (SSSR count). The molecule has 1 heterocycles. The molecule has 1 aromatic heterocycles. The molecule has 0 amide bonds. The lowest BCUT2D eigenvalue weighted by Gasteiger charge is -2.11. The topological polar surface area (TPSA) is 68.5 Å². The number of fused-ring (bicyclic) bond motifs is 1. The molecule has 150 valence electrons. The maximum absolute atomic E-state index is 12.3. The number of nitrogens with zero attached hydrogens (tertiary/aromatic N) is 1. The maximum atomic E-state index is 12.3. The van der Waals surface area contributed by atoms with Crippen molar-refractivity contribution >= 4 is 22.8 Å². The molecule has 0 spiro atoms. The first-order valence-corrected chi connectivity index (χ1v) is 9.74. The van der Waals surface area contributed by atoms with Crippen molar-refractivity contribution in [3.63, 3.8) is 0 Å². The quantitative estimate of drug-likeness (QED) is 0.451. The van der Waals surface area contributed by atoms with Gasteiger partial charge >= 0.3 is 11.9 Å². The lowest BCUT2D eigenvalue weighted by atomic mass is 10.0. The van der Waals surface area contributed by atoms with E-state index in [0.717, 1.165) is 27.6 Å². The zero-order chi connectivity index (χ0) is 21.1. The number of carbonyl (C=O) groups excluding carboxylic acids is 1. The molecule has 0 aliphatic carbocycles. The fraction of sp³-hybridized carbons (Fsp3) is 0.120. The summed E-state index contributed by atoms with van der Waals surface area (Å²) in [5.74, 6) is -1.24. The van der Waals surface area contributed by atoms with Gasteiger partial charge in [-0.1, -0.05) is 36.4 Å². The van der Waals surface area contributed by atoms with E-state index in [9.17, 15) is 9.59 Å². The number of benzene rings is 3. The second kappa shape index (κ2) is 8.25. The normalized spacial score (nSPS) is 10.8. The summed E-state index contributed by atoms with van der Waals surface area (Å²) < 4.78 is 7.28. The summed E-state index contributed by atoms with van der Waals surface area (Å²) in [6.07, 6.45) is 2.00. The van der Waals surface area contributed by atoms with E-state index in [1.807, 2.05) is 54.7 Å². The van der Waals surface area contributed by atoms with Crippen molar-refractivity contribution in [2.24, 2.45) is 0 Å². The number of esters is 1. The van der Waals surface area contributed by atoms with E-state index >= 15 is 0 Å². The molecule has 0 aliphatic heterocycles. The molecule has 0 radical (unpaired) electrons. The van der Waals surface area contributed by atoms with Crippen molar-refractivity contribution in [2.45, 2.75) is 13.5 Å². The van der Waals surface area contributed by atoms with Crippen LogP contribution in [0.5, 0.6) is 0 Å². The van der Waals surface area contributed by atoms with Crippen LogP contribution in [0.3, 0.4) is 0 Å². The first-order valence-electron chi connectivity index (χ1n) is 9.74. The lowest BCUT2D eigenvalue weighted by Crippen LogP contribution is -2.10. The Hall–Kier alpha value is -3.86. The summed E-state index contributed by atoms with van der Waals surface area (Å²) in [4.78, 5) is 23.3. The lowest BCUT2D eigenvalue weighted by molar-refractivity contribution is 0.0524. The predicted molar refractivity (Wildman–Crippen MR) is 116 cm³/mol. The Morgan fingerprint density at radius 1 is 0.933 bits per heavy atom. The smallest absolute Gasteiger partial charge is 0.338 e. The van der Waals surface area contributed by atoms with E-state index in [4.69, 9.17) is 9.84 Å². The highest BCUT2D eigenvalue weighted by molar-refractivity contribution is 5.91. The van der Waals surface area contributed by atoms with Gasteiger partial charge in [0, 0.05) is 23.6 Å². The minimum Gasteiger partial charge on any atom is -0.478 e. The van der Waals surface area contributed by atoms with Crippen molar-refractivity contribution in [3.05, 3.63) is 95.7 Å². The van der Waals surface area contributed by atoms with E-state index < -0.39 is 5.97 Å². The Kier molecular flexibility index (Phi) is 5.35. The summed E-state index contributed by atoms with van der Waals surface area (Å²) in [5.41, 5.74) is 4.79. The number of carbonyl (C=O) groups is 2. The van der Waals surface area contributed by atoms with E-state index in [0.29, 0.717) is 18.7 Å². The van der Waals surface area contributed by atoms with Gasteiger partial charge < -0.3 is 14.4 Å². The van der Waals surface area contributed by atoms with Gasteiger partial charge in [0.1, 0.15) is 0 Å². The SMILES string of the molecule is CCOC(=O)c1ccccc1Cn1ccc2cc(-c3ccc(C(=O)O)cc3)ccc21. The second-order valence-electron chi connectivity index (χ2n) is 6.98. The molecule has 4 aromatic rings. The van der Waals surface area contributed by atoms with Crippen molar-refractivity contribution in [2.75, 3.05) is 6.61 Å². The Morgan fingerprint density at radius 3 is 2.40 bits per heavy atom. The van der Waals surface area contributed by atoms with Crippen LogP contribution in [-0.4, -0.2) is 28.2 Å². The van der Waals surface area contributed by atoms with Crippen LogP contribution in [-0.2, 0) is 11.3 Å². The summed E-state index contributed by atoms with van der Waals surface area (Å²) in [6, 6.07) is 22.5. The summed E-state index contributed by atoms with van der Waals surface area (Å²) >= 11 is 0. The molecule has 0 saturated heterocycles. The molecule has 0 fully saturated rings. The zero-order valence-corrected chi connectivity index (χ0v) is 16.5. The van der Waals surface area contributed by atoms with E-state index in [1.165, 1.54) is 0 Å². The van der Waals surface area contributed by atoms with Crippen LogP contribution >= 0.6 is 0 Å². The van der Waals surface area contributed by atoms with E-state index in [1.54, 1.807) is 25.1 Å². The standard InChI is InChI=1S/C25H21NO4/c1-2-30-25(29)22-6-4-3-5-21(22)16-26-14-13-20-15-19(11-12-23(20)26)17-7-9-18(10-8-17)24(27)28/h3-15H,2,16H2,1H3,(H,27,28). The molecule has 30 heavy (non-hydrogen) atoms. The molecular weight excluding hydrogens is 378 g/mol. The average Bonchev–Trinajstić information content (AvgIpc) is 3.16. The van der Waals surface area contributed by atoms with Gasteiger partial charge in [-0.15, -0.1) is 0 Å². The largest absolute Gasteiger partial charge is 0.478 e. The molecule has 0 aliphatic rings. The number of rotatable bonds is 6. The third kappa shape index (κ3) is 3.82. The average molecular weight is 399 g/mol. The predicted octanol–water partition coefficient (Wildman–Crippen LogP) is 5.23. The summed E-state index contributed by atoms with van der Waals surface area (Å²) in [7, 11) is 0. The minimum absolute atomic E-state index is 0.270. The summed E-state index contributed by atoms with van der Waals surface area (Å²) in [6.45, 7) is 2.70. The van der Waals surface area contributed by atoms with E-state index in [-0.39, 0.29) is 11.5 Å². The molecular formula is C25H21NO4. The molecule has 5 heteroatoms. The molecule has 0 bridgehead atoms. The second-order valence-corrected chi connectivity index (χ2v) is 6.98. The molecule has 0 atom stereocenters.